The van der Waals surface area contributed by atoms with E-state index in [1.807, 2.05) is 39.0 Å². The molecule has 1 saturated heterocycles. The fourth-order valence-corrected chi connectivity index (χ4v) is 2.86. The van der Waals surface area contributed by atoms with Gasteiger partial charge in [0.15, 0.2) is 0 Å². The number of hydrogen-bond donors (Lipinski definition) is 3. The summed E-state index contributed by atoms with van der Waals surface area (Å²) < 4.78 is 0. The molecule has 1 aliphatic heterocycles. The van der Waals surface area contributed by atoms with Gasteiger partial charge >= 0.3 is 6.03 Å². The molecule has 24 heavy (non-hydrogen) atoms. The van der Waals surface area contributed by atoms with Crippen molar-refractivity contribution >= 4 is 17.8 Å². The fourth-order valence-electron chi connectivity index (χ4n) is 2.86. The topological polar surface area (TPSA) is 86.4 Å². The van der Waals surface area contributed by atoms with Crippen LogP contribution in [0.4, 0.5) is 10.6 Å². The lowest BCUT2D eigenvalue weighted by molar-refractivity contribution is -0.124. The van der Waals surface area contributed by atoms with Gasteiger partial charge in [-0.15, -0.1) is 0 Å². The van der Waals surface area contributed by atoms with E-state index in [4.69, 9.17) is 0 Å². The highest BCUT2D eigenvalue weighted by Crippen LogP contribution is 2.19. The summed E-state index contributed by atoms with van der Waals surface area (Å²) in [5.41, 5.74) is 0.990. The van der Waals surface area contributed by atoms with Gasteiger partial charge in [0.1, 0.15) is 5.82 Å². The molecule has 2 rings (SSSR count). The summed E-state index contributed by atoms with van der Waals surface area (Å²) in [4.78, 5) is 30.1. The third-order valence-corrected chi connectivity index (χ3v) is 4.28. The van der Waals surface area contributed by atoms with Crippen molar-refractivity contribution in [2.45, 2.75) is 33.2 Å². The van der Waals surface area contributed by atoms with Crippen LogP contribution in [0.3, 0.4) is 0 Å². The predicted molar refractivity (Wildman–Crippen MR) is 93.8 cm³/mol. The van der Waals surface area contributed by atoms with Crippen molar-refractivity contribution in [2.24, 2.45) is 5.92 Å². The van der Waals surface area contributed by atoms with Crippen LogP contribution in [0.1, 0.15) is 26.0 Å². The number of amides is 3. The maximum Gasteiger partial charge on any atom is 0.321 e. The maximum absolute atomic E-state index is 12.1. The molecule has 1 aromatic rings. The van der Waals surface area contributed by atoms with E-state index in [0.29, 0.717) is 12.5 Å². The maximum atomic E-state index is 12.1. The van der Waals surface area contributed by atoms with E-state index in [1.165, 1.54) is 0 Å². The van der Waals surface area contributed by atoms with Crippen molar-refractivity contribution in [2.75, 3.05) is 31.5 Å². The number of nitrogens with zero attached hydrogens (tertiary/aromatic N) is 2. The first kappa shape index (κ1) is 18.2. The van der Waals surface area contributed by atoms with Crippen molar-refractivity contribution in [3.05, 3.63) is 23.9 Å². The number of hydrogen-bond acceptors (Lipinski definition) is 5. The van der Waals surface area contributed by atoms with Crippen LogP contribution in [-0.2, 0) is 4.79 Å². The number of rotatable bonds is 6. The molecule has 0 saturated carbocycles. The van der Waals surface area contributed by atoms with Gasteiger partial charge in [0.2, 0.25) is 5.91 Å². The highest BCUT2D eigenvalue weighted by molar-refractivity contribution is 5.96. The molecular formula is C17H27N5O2. The molecule has 7 heteroatoms. The second-order valence-electron chi connectivity index (χ2n) is 6.22. The lowest BCUT2D eigenvalue weighted by Crippen LogP contribution is -2.49. The first-order valence-electron chi connectivity index (χ1n) is 8.50. The highest BCUT2D eigenvalue weighted by Gasteiger charge is 2.30. The van der Waals surface area contributed by atoms with Crippen molar-refractivity contribution in [1.29, 1.82) is 0 Å². The Hall–Kier alpha value is -2.15. The fraction of sp³-hybridized carbons (Fsp3) is 0.588. The zero-order valence-corrected chi connectivity index (χ0v) is 14.6. The third kappa shape index (κ3) is 5.19. The molecule has 2 atom stereocenters. The summed E-state index contributed by atoms with van der Waals surface area (Å²) in [6.07, 6.45) is 1.03. The Kier molecular flexibility index (Phi) is 6.54. The molecular weight excluding hydrogens is 306 g/mol. The van der Waals surface area contributed by atoms with Gasteiger partial charge < -0.3 is 10.6 Å². The quantitative estimate of drug-likeness (QED) is 0.732. The van der Waals surface area contributed by atoms with Gasteiger partial charge in [-0.05, 0) is 51.8 Å². The molecule has 0 aliphatic carbocycles. The number of nitrogens with one attached hydrogen (secondary N) is 3. The van der Waals surface area contributed by atoms with Gasteiger partial charge in [0, 0.05) is 25.3 Å². The van der Waals surface area contributed by atoms with Crippen LogP contribution in [-0.4, -0.2) is 54.0 Å². The number of imide groups is 1. The molecule has 2 unspecified atom stereocenters. The number of carbonyl (C=O) groups is 2. The summed E-state index contributed by atoms with van der Waals surface area (Å²) in [6.45, 7) is 8.65. The smallest absolute Gasteiger partial charge is 0.321 e. The first-order valence-corrected chi connectivity index (χ1v) is 8.50. The Morgan fingerprint density at radius 1 is 1.42 bits per heavy atom. The van der Waals surface area contributed by atoms with Crippen molar-refractivity contribution < 1.29 is 9.59 Å². The highest BCUT2D eigenvalue weighted by atomic mass is 16.2. The number of aryl methyl sites for hydroxylation is 1. The number of likely N-dealkylation sites (tertiary alicyclic amines) is 1. The second-order valence-corrected chi connectivity index (χ2v) is 6.22. The zero-order chi connectivity index (χ0) is 17.5. The van der Waals surface area contributed by atoms with E-state index in [1.54, 1.807) is 0 Å². The number of aromatic nitrogens is 1. The van der Waals surface area contributed by atoms with Crippen LogP contribution in [0, 0.1) is 12.8 Å². The summed E-state index contributed by atoms with van der Waals surface area (Å²) in [5, 5.41) is 8.31. The molecule has 2 heterocycles. The largest absolute Gasteiger partial charge is 0.370 e. The number of anilines is 1. The molecule has 3 N–H and O–H groups in total. The Morgan fingerprint density at radius 2 is 2.21 bits per heavy atom. The SMILES string of the molecule is CCNC(=O)NC(=O)C(C)N1CCC(CNc2cccc(C)n2)C1. The molecule has 3 amide bonds. The standard InChI is InChI=1S/C17H27N5O2/c1-4-18-17(24)21-16(23)13(3)22-9-8-14(11-22)10-19-15-7-5-6-12(2)20-15/h5-7,13-14H,4,8-11H2,1-3H3,(H,19,20)(H2,18,21,23,24). The molecule has 0 bridgehead atoms. The summed E-state index contributed by atoms with van der Waals surface area (Å²) >= 11 is 0. The molecule has 0 radical (unpaired) electrons. The van der Waals surface area contributed by atoms with E-state index >= 15 is 0 Å². The van der Waals surface area contributed by atoms with Gasteiger partial charge in [-0.25, -0.2) is 9.78 Å². The van der Waals surface area contributed by atoms with E-state index in [0.717, 1.165) is 37.6 Å². The van der Waals surface area contributed by atoms with E-state index in [-0.39, 0.29) is 11.9 Å². The second kappa shape index (κ2) is 8.63. The van der Waals surface area contributed by atoms with Crippen LogP contribution in [0.15, 0.2) is 18.2 Å². The molecule has 132 valence electrons. The minimum Gasteiger partial charge on any atom is -0.370 e. The van der Waals surface area contributed by atoms with Crippen LogP contribution in [0.5, 0.6) is 0 Å². The minimum atomic E-state index is -0.433. The van der Waals surface area contributed by atoms with E-state index in [9.17, 15) is 9.59 Å². The summed E-state index contributed by atoms with van der Waals surface area (Å²) in [5.74, 6) is 1.09. The Bertz CT molecular complexity index is 578. The van der Waals surface area contributed by atoms with Gasteiger partial charge in [-0.1, -0.05) is 6.07 Å². The molecule has 1 aromatic heterocycles. The molecule has 7 nitrogen and oxygen atoms in total. The molecule has 0 aromatic carbocycles. The number of pyridine rings is 1. The average Bonchev–Trinajstić information content (AvgIpc) is 3.01. The van der Waals surface area contributed by atoms with Gasteiger partial charge in [-0.3, -0.25) is 15.0 Å². The van der Waals surface area contributed by atoms with Crippen molar-refractivity contribution in [1.82, 2.24) is 20.5 Å². The van der Waals surface area contributed by atoms with Gasteiger partial charge in [0.05, 0.1) is 6.04 Å². The monoisotopic (exact) mass is 333 g/mol. The number of urea groups is 1. The lowest BCUT2D eigenvalue weighted by atomic mass is 10.1. The minimum absolute atomic E-state index is 0.255. The summed E-state index contributed by atoms with van der Waals surface area (Å²) in [7, 11) is 0. The summed E-state index contributed by atoms with van der Waals surface area (Å²) in [6, 6.07) is 5.17. The molecule has 1 aliphatic rings. The molecule has 0 spiro atoms. The normalized spacial score (nSPS) is 18.9. The Labute approximate surface area is 143 Å². The van der Waals surface area contributed by atoms with Gasteiger partial charge in [-0.2, -0.15) is 0 Å². The lowest BCUT2D eigenvalue weighted by Gasteiger charge is -2.23. The van der Waals surface area contributed by atoms with Crippen LogP contribution >= 0.6 is 0 Å². The van der Waals surface area contributed by atoms with Crippen LogP contribution in [0.25, 0.3) is 0 Å². The van der Waals surface area contributed by atoms with Crippen LogP contribution in [0.2, 0.25) is 0 Å². The molecule has 1 fully saturated rings. The van der Waals surface area contributed by atoms with Crippen LogP contribution < -0.4 is 16.0 Å². The van der Waals surface area contributed by atoms with E-state index < -0.39 is 6.03 Å². The van der Waals surface area contributed by atoms with Gasteiger partial charge in [0.25, 0.3) is 0 Å². The predicted octanol–water partition coefficient (Wildman–Crippen LogP) is 1.36. The number of carbonyl (C=O) groups excluding carboxylic acids is 2. The Balaban J connectivity index is 1.77. The Morgan fingerprint density at radius 3 is 2.92 bits per heavy atom. The van der Waals surface area contributed by atoms with Crippen molar-refractivity contribution in [3.8, 4) is 0 Å². The zero-order valence-electron chi connectivity index (χ0n) is 14.6. The van der Waals surface area contributed by atoms with E-state index in [2.05, 4.69) is 25.8 Å². The third-order valence-electron chi connectivity index (χ3n) is 4.28. The average molecular weight is 333 g/mol. The van der Waals surface area contributed by atoms with Crippen molar-refractivity contribution in [3.63, 3.8) is 0 Å². The first-order chi connectivity index (χ1) is 11.5.